The van der Waals surface area contributed by atoms with E-state index in [4.69, 9.17) is 27.9 Å². The summed E-state index contributed by atoms with van der Waals surface area (Å²) < 4.78 is 5.62. The van der Waals surface area contributed by atoms with Gasteiger partial charge in [0.15, 0.2) is 0 Å². The molecule has 0 radical (unpaired) electrons. The molecule has 0 amide bonds. The second kappa shape index (κ2) is 5.99. The van der Waals surface area contributed by atoms with Crippen molar-refractivity contribution in [1.29, 1.82) is 0 Å². The van der Waals surface area contributed by atoms with Gasteiger partial charge in [0.2, 0.25) is 0 Å². The normalized spacial score (nSPS) is 32.5. The number of halogens is 2. The highest BCUT2D eigenvalue weighted by atomic mass is 35.5. The van der Waals surface area contributed by atoms with Gasteiger partial charge in [-0.05, 0) is 19.1 Å². The fourth-order valence-corrected chi connectivity index (χ4v) is 3.64. The Hall–Kier alpha value is 0.0300. The van der Waals surface area contributed by atoms with Crippen LogP contribution in [0.2, 0.25) is 10.0 Å². The van der Waals surface area contributed by atoms with E-state index in [1.165, 1.54) is 11.8 Å². The molecule has 1 saturated heterocycles. The van der Waals surface area contributed by atoms with Crippen LogP contribution in [0, 0.1) is 0 Å². The van der Waals surface area contributed by atoms with Gasteiger partial charge in [0.05, 0.1) is 22.3 Å². The number of aliphatic hydroxyl groups is 2. The van der Waals surface area contributed by atoms with Crippen molar-refractivity contribution in [1.82, 2.24) is 0 Å². The van der Waals surface area contributed by atoms with Gasteiger partial charge >= 0.3 is 0 Å². The molecule has 1 aliphatic rings. The minimum absolute atomic E-state index is 0.268. The van der Waals surface area contributed by atoms with Crippen molar-refractivity contribution in [3.63, 3.8) is 0 Å². The molecule has 0 saturated carbocycles. The summed E-state index contributed by atoms with van der Waals surface area (Å²) >= 11 is 13.5. The minimum atomic E-state index is -0.844. The molecule has 1 fully saturated rings. The van der Waals surface area contributed by atoms with E-state index in [0.717, 1.165) is 4.90 Å². The van der Waals surface area contributed by atoms with Gasteiger partial charge in [-0.25, -0.2) is 0 Å². The molecule has 0 bridgehead atoms. The molecule has 6 heteroatoms. The van der Waals surface area contributed by atoms with Crippen LogP contribution in [0.25, 0.3) is 0 Å². The number of hydrogen-bond acceptors (Lipinski definition) is 4. The molecule has 1 aromatic rings. The molecule has 4 atom stereocenters. The molecule has 0 aliphatic carbocycles. The van der Waals surface area contributed by atoms with Gasteiger partial charge in [-0.3, -0.25) is 0 Å². The van der Waals surface area contributed by atoms with E-state index in [-0.39, 0.29) is 5.44 Å². The molecule has 3 nitrogen and oxygen atoms in total. The number of benzene rings is 1. The first-order chi connectivity index (χ1) is 8.49. The Labute approximate surface area is 120 Å². The Morgan fingerprint density at radius 3 is 2.44 bits per heavy atom. The van der Waals surface area contributed by atoms with Crippen molar-refractivity contribution in [3.8, 4) is 0 Å². The lowest BCUT2D eigenvalue weighted by Crippen LogP contribution is -2.45. The number of thioether (sulfide) groups is 1. The number of ether oxygens (including phenoxy) is 1. The van der Waals surface area contributed by atoms with Crippen molar-refractivity contribution < 1.29 is 14.9 Å². The quantitative estimate of drug-likeness (QED) is 0.882. The fraction of sp³-hybridized carbons (Fsp3) is 0.500. The van der Waals surface area contributed by atoms with E-state index < -0.39 is 18.3 Å². The van der Waals surface area contributed by atoms with Gasteiger partial charge in [0.1, 0.15) is 11.5 Å². The Balaban J connectivity index is 2.10. The van der Waals surface area contributed by atoms with Crippen molar-refractivity contribution in [2.45, 2.75) is 42.0 Å². The van der Waals surface area contributed by atoms with Gasteiger partial charge in [0.25, 0.3) is 0 Å². The van der Waals surface area contributed by atoms with Crippen molar-refractivity contribution in [2.24, 2.45) is 0 Å². The molecule has 0 unspecified atom stereocenters. The zero-order valence-corrected chi connectivity index (χ0v) is 12.0. The number of rotatable bonds is 2. The maximum Gasteiger partial charge on any atom is 0.110 e. The van der Waals surface area contributed by atoms with E-state index in [1.54, 1.807) is 25.1 Å². The van der Waals surface area contributed by atoms with Crippen LogP contribution < -0.4 is 0 Å². The molecule has 0 spiro atoms. The summed E-state index contributed by atoms with van der Waals surface area (Å²) in [6.07, 6.45) is -1.69. The average Bonchev–Trinajstić information content (AvgIpc) is 2.31. The van der Waals surface area contributed by atoms with E-state index in [1.807, 2.05) is 0 Å². The van der Waals surface area contributed by atoms with Crippen LogP contribution >= 0.6 is 35.0 Å². The molecular formula is C12H14Cl2O3S. The van der Waals surface area contributed by atoms with Crippen LogP contribution in [-0.2, 0) is 4.74 Å². The number of hydrogen-bond donors (Lipinski definition) is 2. The Kier molecular flexibility index (Phi) is 4.80. The summed E-state index contributed by atoms with van der Waals surface area (Å²) in [7, 11) is 0. The predicted octanol–water partition coefficient (Wildman–Crippen LogP) is 2.94. The molecule has 1 aliphatic heterocycles. The van der Waals surface area contributed by atoms with Gasteiger partial charge in [-0.1, -0.05) is 41.0 Å². The highest BCUT2D eigenvalue weighted by Crippen LogP contribution is 2.40. The first-order valence-corrected chi connectivity index (χ1v) is 7.25. The second-order valence-corrected chi connectivity index (χ2v) is 6.22. The molecule has 100 valence electrons. The third kappa shape index (κ3) is 3.13. The van der Waals surface area contributed by atoms with Crippen LogP contribution in [0.15, 0.2) is 23.1 Å². The lowest BCUT2D eigenvalue weighted by Gasteiger charge is -2.35. The van der Waals surface area contributed by atoms with Gasteiger partial charge in [0, 0.05) is 11.3 Å². The molecule has 2 N–H and O–H groups in total. The van der Waals surface area contributed by atoms with E-state index in [0.29, 0.717) is 16.5 Å². The molecule has 0 aromatic heterocycles. The fourth-order valence-electron chi connectivity index (χ4n) is 1.83. The van der Waals surface area contributed by atoms with Crippen LogP contribution in [0.4, 0.5) is 0 Å². The summed E-state index contributed by atoms with van der Waals surface area (Å²) in [6.45, 7) is 1.73. The minimum Gasteiger partial charge on any atom is -0.390 e. The highest BCUT2D eigenvalue weighted by Gasteiger charge is 2.34. The molecule has 2 rings (SSSR count). The summed E-state index contributed by atoms with van der Waals surface area (Å²) in [5.74, 6) is 0. The molecule has 1 aromatic carbocycles. The van der Waals surface area contributed by atoms with E-state index in [9.17, 15) is 10.2 Å². The molecule has 18 heavy (non-hydrogen) atoms. The zero-order chi connectivity index (χ0) is 13.3. The van der Waals surface area contributed by atoms with E-state index in [2.05, 4.69) is 0 Å². The highest BCUT2D eigenvalue weighted by molar-refractivity contribution is 8.00. The third-order valence-corrected chi connectivity index (χ3v) is 4.94. The first-order valence-electron chi connectivity index (χ1n) is 5.61. The topological polar surface area (TPSA) is 49.7 Å². The number of aliphatic hydroxyl groups excluding tert-OH is 2. The molecule has 1 heterocycles. The second-order valence-electron chi connectivity index (χ2n) is 4.23. The Morgan fingerprint density at radius 2 is 1.89 bits per heavy atom. The smallest absolute Gasteiger partial charge is 0.110 e. The van der Waals surface area contributed by atoms with E-state index >= 15 is 0 Å². The largest absolute Gasteiger partial charge is 0.390 e. The maximum atomic E-state index is 9.73. The lowest BCUT2D eigenvalue weighted by atomic mass is 10.0. The summed E-state index contributed by atoms with van der Waals surface area (Å²) in [5, 5.41) is 20.4. The zero-order valence-electron chi connectivity index (χ0n) is 9.72. The van der Waals surface area contributed by atoms with Crippen LogP contribution in [-0.4, -0.2) is 34.0 Å². The average molecular weight is 309 g/mol. The monoisotopic (exact) mass is 308 g/mol. The SMILES string of the molecule is C[C@@H]1O[C@@H](Sc2c(Cl)cccc2Cl)C[C@H](O)[C@@H]1O. The Bertz CT molecular complexity index is 398. The standard InChI is InChI=1S/C12H14Cl2O3S/c1-6-11(16)9(15)5-10(17-6)18-12-7(13)3-2-4-8(12)14/h2-4,6,9-11,15-16H,5H2,1H3/t6-,9-,10-,11+/m0/s1. The third-order valence-electron chi connectivity index (χ3n) is 2.84. The predicted molar refractivity (Wildman–Crippen MR) is 73.3 cm³/mol. The molecular weight excluding hydrogens is 295 g/mol. The summed E-state index contributed by atoms with van der Waals surface area (Å²) in [6, 6.07) is 5.29. The maximum absolute atomic E-state index is 9.73. The van der Waals surface area contributed by atoms with Crippen LogP contribution in [0.5, 0.6) is 0 Å². The lowest BCUT2D eigenvalue weighted by molar-refractivity contribution is -0.137. The van der Waals surface area contributed by atoms with Gasteiger partial charge in [-0.2, -0.15) is 0 Å². The summed E-state index contributed by atoms with van der Waals surface area (Å²) in [5.41, 5.74) is -0.268. The van der Waals surface area contributed by atoms with Crippen molar-refractivity contribution >= 4 is 35.0 Å². The van der Waals surface area contributed by atoms with Crippen molar-refractivity contribution in [3.05, 3.63) is 28.2 Å². The first kappa shape index (κ1) is 14.4. The van der Waals surface area contributed by atoms with Crippen LogP contribution in [0.1, 0.15) is 13.3 Å². The summed E-state index contributed by atoms with van der Waals surface area (Å²) in [4.78, 5) is 0.738. The van der Waals surface area contributed by atoms with Crippen molar-refractivity contribution in [2.75, 3.05) is 0 Å². The van der Waals surface area contributed by atoms with Gasteiger partial charge in [-0.15, -0.1) is 0 Å². The Morgan fingerprint density at radius 1 is 1.28 bits per heavy atom. The van der Waals surface area contributed by atoms with Crippen LogP contribution in [0.3, 0.4) is 0 Å². The van der Waals surface area contributed by atoms with Gasteiger partial charge < -0.3 is 14.9 Å².